The minimum Gasteiger partial charge on any atom is -0.387 e. The van der Waals surface area contributed by atoms with Gasteiger partial charge in [0.2, 0.25) is 0 Å². The van der Waals surface area contributed by atoms with Gasteiger partial charge in [-0.15, -0.1) is 0 Å². The Bertz CT molecular complexity index is 562. The smallest absolute Gasteiger partial charge is 0.124 e. The van der Waals surface area contributed by atoms with Gasteiger partial charge in [0, 0.05) is 21.7 Å². The van der Waals surface area contributed by atoms with E-state index in [9.17, 15) is 9.50 Å². The highest BCUT2D eigenvalue weighted by atomic mass is 79.9. The minimum atomic E-state index is -0.658. The molecule has 2 nitrogen and oxygen atoms in total. The quantitative estimate of drug-likeness (QED) is 0.862. The molecule has 100 valence electrons. The molecule has 5 heteroatoms. The van der Waals surface area contributed by atoms with Crippen molar-refractivity contribution in [3.8, 4) is 0 Å². The van der Waals surface area contributed by atoms with Crippen LogP contribution in [0.4, 0.5) is 10.1 Å². The maximum absolute atomic E-state index is 12.9. The van der Waals surface area contributed by atoms with E-state index in [0.717, 1.165) is 11.3 Å². The number of aliphatic hydroxyl groups excluding tert-OH is 1. The summed E-state index contributed by atoms with van der Waals surface area (Å²) < 4.78 is 13.6. The topological polar surface area (TPSA) is 32.3 Å². The normalized spacial score (nSPS) is 12.2. The predicted octanol–water partition coefficient (Wildman–Crippen LogP) is 4.39. The third kappa shape index (κ3) is 3.93. The number of nitrogens with one attached hydrogen (secondary N) is 1. The van der Waals surface area contributed by atoms with Crippen LogP contribution in [0.3, 0.4) is 0 Å². The molecule has 0 saturated heterocycles. The molecule has 2 N–H and O–H groups in total. The molecular weight excluding hydrogens is 333 g/mol. The van der Waals surface area contributed by atoms with Crippen molar-refractivity contribution >= 4 is 33.2 Å². The Morgan fingerprint density at radius 1 is 1.21 bits per heavy atom. The van der Waals surface area contributed by atoms with Crippen molar-refractivity contribution in [3.05, 3.63) is 63.3 Å². The Kier molecular flexibility index (Phi) is 4.80. The van der Waals surface area contributed by atoms with Crippen LogP contribution < -0.4 is 5.32 Å². The summed E-state index contributed by atoms with van der Waals surface area (Å²) in [6.45, 7) is 0.325. The Morgan fingerprint density at radius 2 is 1.89 bits per heavy atom. The zero-order valence-corrected chi connectivity index (χ0v) is 12.2. The zero-order chi connectivity index (χ0) is 13.8. The van der Waals surface area contributed by atoms with Crippen molar-refractivity contribution in [2.45, 2.75) is 6.10 Å². The molecule has 0 bridgehead atoms. The fourth-order valence-corrected chi connectivity index (χ4v) is 2.26. The van der Waals surface area contributed by atoms with Crippen LogP contribution in [0.25, 0.3) is 0 Å². The van der Waals surface area contributed by atoms with E-state index in [4.69, 9.17) is 11.6 Å². The van der Waals surface area contributed by atoms with Gasteiger partial charge in [0.1, 0.15) is 5.82 Å². The molecule has 19 heavy (non-hydrogen) atoms. The summed E-state index contributed by atoms with van der Waals surface area (Å²) in [4.78, 5) is 0. The van der Waals surface area contributed by atoms with Gasteiger partial charge in [-0.1, -0.05) is 23.7 Å². The second-order valence-corrected chi connectivity index (χ2v) is 5.36. The molecule has 0 spiro atoms. The first kappa shape index (κ1) is 14.3. The van der Waals surface area contributed by atoms with E-state index in [1.54, 1.807) is 30.3 Å². The second kappa shape index (κ2) is 6.37. The first-order valence-electron chi connectivity index (χ1n) is 5.69. The number of hydrogen-bond donors (Lipinski definition) is 2. The fourth-order valence-electron chi connectivity index (χ4n) is 1.64. The van der Waals surface area contributed by atoms with Crippen molar-refractivity contribution in [1.29, 1.82) is 0 Å². The minimum absolute atomic E-state index is 0.310. The third-order valence-electron chi connectivity index (χ3n) is 2.67. The molecule has 0 aliphatic heterocycles. The average molecular weight is 345 g/mol. The molecule has 0 amide bonds. The van der Waals surface area contributed by atoms with E-state index < -0.39 is 6.10 Å². The van der Waals surface area contributed by atoms with E-state index >= 15 is 0 Å². The largest absolute Gasteiger partial charge is 0.387 e. The van der Waals surface area contributed by atoms with Crippen molar-refractivity contribution in [3.63, 3.8) is 0 Å². The van der Waals surface area contributed by atoms with Crippen LogP contribution in [0.2, 0.25) is 5.02 Å². The molecule has 0 saturated carbocycles. The fraction of sp³-hybridized carbons (Fsp3) is 0.143. The summed E-state index contributed by atoms with van der Waals surface area (Å²) in [5, 5.41) is 13.7. The summed E-state index contributed by atoms with van der Waals surface area (Å²) in [6, 6.07) is 11.4. The predicted molar refractivity (Wildman–Crippen MR) is 79.0 cm³/mol. The van der Waals surface area contributed by atoms with Gasteiger partial charge in [0.15, 0.2) is 0 Å². The van der Waals surface area contributed by atoms with Crippen LogP contribution >= 0.6 is 27.5 Å². The van der Waals surface area contributed by atoms with Gasteiger partial charge in [-0.05, 0) is 51.8 Å². The average Bonchev–Trinajstić information content (AvgIpc) is 2.38. The number of benzene rings is 2. The van der Waals surface area contributed by atoms with Gasteiger partial charge in [0.25, 0.3) is 0 Å². The lowest BCUT2D eigenvalue weighted by molar-refractivity contribution is 0.191. The lowest BCUT2D eigenvalue weighted by atomic mass is 10.1. The number of halogens is 3. The molecule has 0 heterocycles. The lowest BCUT2D eigenvalue weighted by Crippen LogP contribution is -2.12. The van der Waals surface area contributed by atoms with Crippen LogP contribution in [0, 0.1) is 5.82 Å². The molecule has 0 fully saturated rings. The monoisotopic (exact) mass is 343 g/mol. The molecule has 0 aliphatic carbocycles. The summed E-state index contributed by atoms with van der Waals surface area (Å²) in [7, 11) is 0. The number of rotatable bonds is 4. The summed E-state index contributed by atoms with van der Waals surface area (Å²) in [5.74, 6) is -0.310. The Balaban J connectivity index is 2.00. The maximum Gasteiger partial charge on any atom is 0.124 e. The van der Waals surface area contributed by atoms with E-state index in [0.29, 0.717) is 16.0 Å². The number of aliphatic hydroxyl groups is 1. The molecule has 2 aromatic carbocycles. The SMILES string of the molecule is OC(CNc1ccc(F)cc1Br)c1ccc(Cl)cc1. The number of anilines is 1. The molecule has 2 aromatic rings. The maximum atomic E-state index is 12.9. The van der Waals surface area contributed by atoms with Crippen molar-refractivity contribution in [2.75, 3.05) is 11.9 Å². The summed E-state index contributed by atoms with van der Waals surface area (Å²) >= 11 is 9.05. The molecule has 0 aliphatic rings. The molecule has 1 unspecified atom stereocenters. The van der Waals surface area contributed by atoms with Crippen molar-refractivity contribution in [1.82, 2.24) is 0 Å². The van der Waals surface area contributed by atoms with Crippen molar-refractivity contribution < 1.29 is 9.50 Å². The molecule has 0 aromatic heterocycles. The summed E-state index contributed by atoms with van der Waals surface area (Å²) in [5.41, 5.74) is 1.50. The first-order valence-corrected chi connectivity index (χ1v) is 6.86. The van der Waals surface area contributed by atoms with Gasteiger partial charge in [0.05, 0.1) is 6.10 Å². The first-order chi connectivity index (χ1) is 9.06. The van der Waals surface area contributed by atoms with Gasteiger partial charge in [-0.2, -0.15) is 0 Å². The van der Waals surface area contributed by atoms with E-state index in [-0.39, 0.29) is 5.82 Å². The molecule has 1 atom stereocenters. The molecule has 0 radical (unpaired) electrons. The third-order valence-corrected chi connectivity index (χ3v) is 3.58. The van der Waals surface area contributed by atoms with Crippen LogP contribution in [0.5, 0.6) is 0 Å². The van der Waals surface area contributed by atoms with Crippen molar-refractivity contribution in [2.24, 2.45) is 0 Å². The Hall–Kier alpha value is -1.10. The van der Waals surface area contributed by atoms with E-state index in [1.807, 2.05) is 0 Å². The zero-order valence-electron chi connectivity index (χ0n) is 9.91. The van der Waals surface area contributed by atoms with Crippen LogP contribution in [0.15, 0.2) is 46.9 Å². The van der Waals surface area contributed by atoms with E-state index in [1.165, 1.54) is 12.1 Å². The van der Waals surface area contributed by atoms with Crippen LogP contribution in [-0.2, 0) is 0 Å². The number of hydrogen-bond acceptors (Lipinski definition) is 2. The highest BCUT2D eigenvalue weighted by Crippen LogP contribution is 2.24. The second-order valence-electron chi connectivity index (χ2n) is 4.07. The van der Waals surface area contributed by atoms with Gasteiger partial charge >= 0.3 is 0 Å². The summed E-state index contributed by atoms with van der Waals surface area (Å²) in [6.07, 6.45) is -0.658. The van der Waals surface area contributed by atoms with Crippen LogP contribution in [0.1, 0.15) is 11.7 Å². The molecule has 2 rings (SSSR count). The Labute approximate surface area is 124 Å². The molecular formula is C14H12BrClFNO. The van der Waals surface area contributed by atoms with Gasteiger partial charge in [-0.3, -0.25) is 0 Å². The highest BCUT2D eigenvalue weighted by Gasteiger charge is 2.08. The van der Waals surface area contributed by atoms with Gasteiger partial charge < -0.3 is 10.4 Å². The Morgan fingerprint density at radius 3 is 2.53 bits per heavy atom. The van der Waals surface area contributed by atoms with Crippen LogP contribution in [-0.4, -0.2) is 11.7 Å². The standard InChI is InChI=1S/C14H12BrClFNO/c15-12-7-11(17)5-6-13(12)18-8-14(19)9-1-3-10(16)4-2-9/h1-7,14,18-19H,8H2. The lowest BCUT2D eigenvalue weighted by Gasteiger charge is -2.14. The van der Waals surface area contributed by atoms with E-state index in [2.05, 4.69) is 21.2 Å². The highest BCUT2D eigenvalue weighted by molar-refractivity contribution is 9.10. The van der Waals surface area contributed by atoms with Gasteiger partial charge in [-0.25, -0.2) is 4.39 Å².